The van der Waals surface area contributed by atoms with Gasteiger partial charge in [0.1, 0.15) is 6.54 Å². The van der Waals surface area contributed by atoms with E-state index in [-0.39, 0.29) is 23.4 Å². The highest BCUT2D eigenvalue weighted by atomic mass is 32.2. The van der Waals surface area contributed by atoms with E-state index in [4.69, 9.17) is 16.4 Å². The van der Waals surface area contributed by atoms with E-state index in [1.807, 2.05) is 0 Å². The molecule has 4 N–H and O–H groups in total. The Kier molecular flexibility index (Phi) is 4.94. The molecule has 0 aromatic carbocycles. The molecule has 0 bridgehead atoms. The Morgan fingerprint density at radius 2 is 2.45 bits per heavy atom. The zero-order chi connectivity index (χ0) is 8.69. The van der Waals surface area contributed by atoms with Crippen LogP contribution in [0.5, 0.6) is 0 Å². The first-order valence-electron chi connectivity index (χ1n) is 2.77. The maximum absolute atomic E-state index is 10.7. The Bertz CT molecular complexity index is 197. The van der Waals surface area contributed by atoms with Crippen LogP contribution >= 0.6 is 11.8 Å². The molecule has 0 aliphatic heterocycles. The molecular formula is C5H8N4OS. The lowest BCUT2D eigenvalue weighted by Gasteiger charge is -1.97. The number of nitrogens with one attached hydrogen (secondary N) is 2. The fourth-order valence-corrected chi connectivity index (χ4v) is 0.721. The minimum Gasteiger partial charge on any atom is -0.379 e. The van der Waals surface area contributed by atoms with Gasteiger partial charge in [-0.2, -0.15) is 5.26 Å². The molecule has 0 atom stereocenters. The maximum atomic E-state index is 10.7. The van der Waals surface area contributed by atoms with Crippen molar-refractivity contribution in [1.82, 2.24) is 5.32 Å². The smallest absolute Gasteiger partial charge is 0.231 e. The maximum Gasteiger partial charge on any atom is 0.231 e. The van der Waals surface area contributed by atoms with Crippen molar-refractivity contribution in [2.45, 2.75) is 0 Å². The van der Waals surface area contributed by atoms with E-state index < -0.39 is 0 Å². The molecule has 11 heavy (non-hydrogen) atoms. The molecule has 0 unspecified atom stereocenters. The third-order valence-corrected chi connectivity index (χ3v) is 1.44. The van der Waals surface area contributed by atoms with Gasteiger partial charge in [-0.05, 0) is 0 Å². The van der Waals surface area contributed by atoms with Crippen LogP contribution in [0.3, 0.4) is 0 Å². The summed E-state index contributed by atoms with van der Waals surface area (Å²) in [5.74, 6) is -0.191. The van der Waals surface area contributed by atoms with Gasteiger partial charge in [-0.25, -0.2) is 0 Å². The van der Waals surface area contributed by atoms with Gasteiger partial charge in [-0.3, -0.25) is 10.2 Å². The molecule has 0 spiro atoms. The first-order valence-corrected chi connectivity index (χ1v) is 3.76. The predicted molar refractivity (Wildman–Crippen MR) is 43.0 cm³/mol. The molecule has 5 nitrogen and oxygen atoms in total. The van der Waals surface area contributed by atoms with Gasteiger partial charge in [-0.15, -0.1) is 0 Å². The van der Waals surface area contributed by atoms with Crippen LogP contribution in [-0.2, 0) is 4.79 Å². The molecule has 0 aromatic heterocycles. The number of carbonyl (C=O) groups is 1. The van der Waals surface area contributed by atoms with E-state index in [2.05, 4.69) is 5.32 Å². The van der Waals surface area contributed by atoms with Gasteiger partial charge in [0, 0.05) is 0 Å². The van der Waals surface area contributed by atoms with Crippen molar-refractivity contribution in [3.63, 3.8) is 0 Å². The summed E-state index contributed by atoms with van der Waals surface area (Å²) in [6.45, 7) is -0.00268. The van der Waals surface area contributed by atoms with Gasteiger partial charge < -0.3 is 11.1 Å². The summed E-state index contributed by atoms with van der Waals surface area (Å²) >= 11 is 0.929. The second kappa shape index (κ2) is 5.56. The molecule has 0 aliphatic carbocycles. The second-order valence-electron chi connectivity index (χ2n) is 1.59. The third-order valence-electron chi connectivity index (χ3n) is 0.723. The van der Waals surface area contributed by atoms with Crippen molar-refractivity contribution < 1.29 is 4.79 Å². The fourth-order valence-electron chi connectivity index (χ4n) is 0.332. The molecule has 0 aliphatic rings. The molecule has 0 radical (unpaired) electrons. The Morgan fingerprint density at radius 3 is 2.91 bits per heavy atom. The summed E-state index contributed by atoms with van der Waals surface area (Å²) in [7, 11) is 0. The summed E-state index contributed by atoms with van der Waals surface area (Å²) < 4.78 is 0. The van der Waals surface area contributed by atoms with Crippen LogP contribution in [0.1, 0.15) is 0 Å². The summed E-state index contributed by atoms with van der Waals surface area (Å²) in [6.07, 6.45) is 0. The molecule has 0 heterocycles. The Labute approximate surface area is 68.5 Å². The lowest BCUT2D eigenvalue weighted by Crippen LogP contribution is -2.26. The van der Waals surface area contributed by atoms with Gasteiger partial charge in [0.15, 0.2) is 5.17 Å². The number of nitrogens with zero attached hydrogens (tertiary/aromatic N) is 1. The van der Waals surface area contributed by atoms with Crippen LogP contribution in [0.25, 0.3) is 0 Å². The topological polar surface area (TPSA) is 103 Å². The van der Waals surface area contributed by atoms with E-state index in [9.17, 15) is 4.79 Å². The molecular weight excluding hydrogens is 164 g/mol. The van der Waals surface area contributed by atoms with Crippen LogP contribution in [0.4, 0.5) is 0 Å². The Morgan fingerprint density at radius 1 is 1.82 bits per heavy atom. The Balaban J connectivity index is 3.39. The van der Waals surface area contributed by atoms with E-state index in [0.29, 0.717) is 0 Å². The summed E-state index contributed by atoms with van der Waals surface area (Å²) in [4.78, 5) is 10.7. The van der Waals surface area contributed by atoms with Gasteiger partial charge in [0.05, 0.1) is 11.8 Å². The van der Waals surface area contributed by atoms with Gasteiger partial charge in [0.25, 0.3) is 0 Å². The standard InChI is InChI=1S/C5H8N4OS/c6-1-2-9-4(10)3-11-5(7)8/h2-3H2,(H3,7,8)(H,9,10). The highest BCUT2D eigenvalue weighted by Gasteiger charge is 2.00. The summed E-state index contributed by atoms with van der Waals surface area (Å²) in [6, 6.07) is 1.76. The molecule has 6 heteroatoms. The van der Waals surface area contributed by atoms with E-state index in [1.165, 1.54) is 0 Å². The zero-order valence-electron chi connectivity index (χ0n) is 5.76. The number of carbonyl (C=O) groups excluding carboxylic acids is 1. The molecule has 1 amide bonds. The Hall–Kier alpha value is -1.22. The van der Waals surface area contributed by atoms with Crippen molar-refractivity contribution in [3.05, 3.63) is 0 Å². The number of rotatable bonds is 3. The largest absolute Gasteiger partial charge is 0.379 e. The van der Waals surface area contributed by atoms with E-state index in [1.54, 1.807) is 6.07 Å². The minimum absolute atomic E-state index is 0.00268. The van der Waals surface area contributed by atoms with E-state index >= 15 is 0 Å². The van der Waals surface area contributed by atoms with Gasteiger partial charge in [-0.1, -0.05) is 11.8 Å². The lowest BCUT2D eigenvalue weighted by atomic mass is 10.6. The zero-order valence-corrected chi connectivity index (χ0v) is 6.57. The SMILES string of the molecule is N#CCNC(=O)CSC(=N)N. The van der Waals surface area contributed by atoms with Crippen LogP contribution in [0.2, 0.25) is 0 Å². The van der Waals surface area contributed by atoms with Crippen molar-refractivity contribution in [2.24, 2.45) is 5.73 Å². The van der Waals surface area contributed by atoms with Crippen LogP contribution in [0.15, 0.2) is 0 Å². The number of thioether (sulfide) groups is 1. The number of nitrogens with two attached hydrogens (primary N) is 1. The van der Waals surface area contributed by atoms with Crippen molar-refractivity contribution >= 4 is 22.8 Å². The highest BCUT2D eigenvalue weighted by molar-refractivity contribution is 8.14. The van der Waals surface area contributed by atoms with Gasteiger partial charge >= 0.3 is 0 Å². The van der Waals surface area contributed by atoms with Crippen LogP contribution in [0, 0.1) is 16.7 Å². The second-order valence-corrected chi connectivity index (χ2v) is 2.60. The quantitative estimate of drug-likeness (QED) is 0.296. The number of nitriles is 1. The minimum atomic E-state index is -0.285. The summed E-state index contributed by atoms with van der Waals surface area (Å²) in [5, 5.41) is 17.0. The normalized spacial score (nSPS) is 8.27. The number of hydrogen-bond acceptors (Lipinski definition) is 4. The summed E-state index contributed by atoms with van der Waals surface area (Å²) in [5.41, 5.74) is 4.97. The average Bonchev–Trinajstić information content (AvgIpc) is 1.97. The molecule has 0 saturated carbocycles. The molecule has 0 fully saturated rings. The van der Waals surface area contributed by atoms with Gasteiger partial charge in [0.2, 0.25) is 5.91 Å². The predicted octanol–water partition coefficient (Wildman–Crippen LogP) is -0.747. The lowest BCUT2D eigenvalue weighted by molar-refractivity contribution is -0.118. The first kappa shape index (κ1) is 9.78. The molecule has 60 valence electrons. The number of amides is 1. The highest BCUT2D eigenvalue weighted by Crippen LogP contribution is 1.95. The third kappa shape index (κ3) is 6.67. The fraction of sp³-hybridized carbons (Fsp3) is 0.400. The molecule has 0 saturated heterocycles. The van der Waals surface area contributed by atoms with Crippen molar-refractivity contribution in [3.8, 4) is 6.07 Å². The average molecular weight is 172 g/mol. The van der Waals surface area contributed by atoms with Crippen LogP contribution < -0.4 is 11.1 Å². The molecule has 0 aromatic rings. The van der Waals surface area contributed by atoms with Crippen LogP contribution in [-0.4, -0.2) is 23.4 Å². The van der Waals surface area contributed by atoms with Crippen molar-refractivity contribution in [2.75, 3.05) is 12.3 Å². The number of hydrogen-bond donors (Lipinski definition) is 3. The van der Waals surface area contributed by atoms with E-state index in [0.717, 1.165) is 11.8 Å². The number of amidine groups is 1. The monoisotopic (exact) mass is 172 g/mol. The first-order chi connectivity index (χ1) is 5.16. The molecule has 0 rings (SSSR count). The van der Waals surface area contributed by atoms with Crippen molar-refractivity contribution in [1.29, 1.82) is 10.7 Å².